The van der Waals surface area contributed by atoms with Crippen LogP contribution in [0.4, 0.5) is 5.69 Å². The van der Waals surface area contributed by atoms with Crippen molar-refractivity contribution < 1.29 is 14.8 Å². The first-order valence-corrected chi connectivity index (χ1v) is 7.48. The number of halogens is 1. The van der Waals surface area contributed by atoms with Crippen LogP contribution in [0.25, 0.3) is 0 Å². The SMILES string of the molecule is Cl.N[C@@H]1CCc2c(ccc(OCc3ccccc3)c2[N+](=O)[O-])[C@H]1O. The second-order valence-corrected chi connectivity index (χ2v) is 5.66. The smallest absolute Gasteiger partial charge is 0.314 e. The highest BCUT2D eigenvalue weighted by Gasteiger charge is 2.33. The largest absolute Gasteiger partial charge is 0.482 e. The molecule has 7 heteroatoms. The lowest BCUT2D eigenvalue weighted by molar-refractivity contribution is -0.386. The van der Waals surface area contributed by atoms with Crippen molar-refractivity contribution in [1.82, 2.24) is 0 Å². The van der Waals surface area contributed by atoms with E-state index in [0.29, 0.717) is 24.0 Å². The normalized spacial score (nSPS) is 19.1. The van der Waals surface area contributed by atoms with Gasteiger partial charge in [0.15, 0.2) is 5.75 Å². The van der Waals surface area contributed by atoms with Crippen molar-refractivity contribution in [2.45, 2.75) is 31.6 Å². The summed E-state index contributed by atoms with van der Waals surface area (Å²) in [6.07, 6.45) is 0.101. The number of nitro groups is 1. The second kappa shape index (κ2) is 7.61. The Kier molecular flexibility index (Phi) is 5.77. The summed E-state index contributed by atoms with van der Waals surface area (Å²) in [5.74, 6) is 0.222. The summed E-state index contributed by atoms with van der Waals surface area (Å²) >= 11 is 0. The van der Waals surface area contributed by atoms with Crippen molar-refractivity contribution in [2.75, 3.05) is 0 Å². The molecule has 128 valence electrons. The Balaban J connectivity index is 0.00000208. The van der Waals surface area contributed by atoms with Crippen LogP contribution in [0.5, 0.6) is 5.75 Å². The molecule has 0 bridgehead atoms. The van der Waals surface area contributed by atoms with Gasteiger partial charge in [-0.25, -0.2) is 0 Å². The third-order valence-corrected chi connectivity index (χ3v) is 4.15. The van der Waals surface area contributed by atoms with Gasteiger partial charge in [0.05, 0.1) is 11.0 Å². The number of rotatable bonds is 4. The minimum atomic E-state index is -0.874. The fourth-order valence-electron chi connectivity index (χ4n) is 2.92. The minimum absolute atomic E-state index is 0. The fourth-order valence-corrected chi connectivity index (χ4v) is 2.92. The van der Waals surface area contributed by atoms with Gasteiger partial charge in [0.25, 0.3) is 0 Å². The molecule has 0 aromatic heterocycles. The van der Waals surface area contributed by atoms with Gasteiger partial charge in [-0.15, -0.1) is 12.4 Å². The summed E-state index contributed by atoms with van der Waals surface area (Å²) in [5, 5.41) is 21.7. The van der Waals surface area contributed by atoms with E-state index in [0.717, 1.165) is 5.56 Å². The van der Waals surface area contributed by atoms with Crippen LogP contribution in [0.15, 0.2) is 42.5 Å². The monoisotopic (exact) mass is 350 g/mol. The first-order valence-electron chi connectivity index (χ1n) is 7.48. The van der Waals surface area contributed by atoms with Crippen LogP contribution in [-0.2, 0) is 13.0 Å². The van der Waals surface area contributed by atoms with Crippen LogP contribution in [-0.4, -0.2) is 16.1 Å². The molecule has 0 aliphatic heterocycles. The van der Waals surface area contributed by atoms with Gasteiger partial charge in [-0.3, -0.25) is 10.1 Å². The van der Waals surface area contributed by atoms with Gasteiger partial charge in [-0.05, 0) is 30.0 Å². The van der Waals surface area contributed by atoms with Gasteiger partial charge in [-0.2, -0.15) is 0 Å². The Labute approximate surface area is 145 Å². The molecule has 0 saturated heterocycles. The number of benzene rings is 2. The van der Waals surface area contributed by atoms with E-state index in [4.69, 9.17) is 10.5 Å². The van der Waals surface area contributed by atoms with Crippen LogP contribution in [0.3, 0.4) is 0 Å². The number of fused-ring (bicyclic) bond motifs is 1. The average molecular weight is 351 g/mol. The van der Waals surface area contributed by atoms with Crippen molar-refractivity contribution in [2.24, 2.45) is 5.73 Å². The molecule has 0 fully saturated rings. The van der Waals surface area contributed by atoms with Gasteiger partial charge in [0.1, 0.15) is 6.61 Å². The van der Waals surface area contributed by atoms with E-state index in [-0.39, 0.29) is 30.5 Å². The Morgan fingerprint density at radius 2 is 1.96 bits per heavy atom. The number of nitrogens with zero attached hydrogens (tertiary/aromatic N) is 1. The Morgan fingerprint density at radius 1 is 1.25 bits per heavy atom. The Morgan fingerprint density at radius 3 is 2.62 bits per heavy atom. The molecule has 2 atom stereocenters. The molecular formula is C17H19ClN2O4. The summed E-state index contributed by atoms with van der Waals surface area (Å²) in [6, 6.07) is 12.3. The molecule has 2 aromatic carbocycles. The molecule has 0 radical (unpaired) electrons. The molecule has 1 aliphatic rings. The number of ether oxygens (including phenoxy) is 1. The molecule has 0 amide bonds. The molecule has 0 spiro atoms. The molecule has 6 nitrogen and oxygen atoms in total. The van der Waals surface area contributed by atoms with E-state index in [9.17, 15) is 15.2 Å². The molecular weight excluding hydrogens is 332 g/mol. The predicted octanol–water partition coefficient (Wildman–Crippen LogP) is 2.90. The molecule has 0 unspecified atom stereocenters. The van der Waals surface area contributed by atoms with Crippen molar-refractivity contribution in [1.29, 1.82) is 0 Å². The van der Waals surface area contributed by atoms with Crippen molar-refractivity contribution in [3.8, 4) is 5.75 Å². The first-order chi connectivity index (χ1) is 11.1. The van der Waals surface area contributed by atoms with Gasteiger partial charge in [0.2, 0.25) is 0 Å². The average Bonchev–Trinajstić information content (AvgIpc) is 2.56. The highest BCUT2D eigenvalue weighted by Crippen LogP contribution is 2.40. The van der Waals surface area contributed by atoms with Gasteiger partial charge >= 0.3 is 5.69 Å². The van der Waals surface area contributed by atoms with E-state index >= 15 is 0 Å². The van der Waals surface area contributed by atoms with Gasteiger partial charge in [0, 0.05) is 11.6 Å². The first kappa shape index (κ1) is 18.2. The Hall–Kier alpha value is -2.15. The van der Waals surface area contributed by atoms with Crippen molar-refractivity contribution in [3.63, 3.8) is 0 Å². The second-order valence-electron chi connectivity index (χ2n) is 5.66. The predicted molar refractivity (Wildman–Crippen MR) is 92.4 cm³/mol. The topological polar surface area (TPSA) is 98.6 Å². The third-order valence-electron chi connectivity index (χ3n) is 4.15. The van der Waals surface area contributed by atoms with E-state index in [1.165, 1.54) is 0 Å². The zero-order valence-electron chi connectivity index (χ0n) is 12.9. The maximum atomic E-state index is 11.5. The quantitative estimate of drug-likeness (QED) is 0.652. The maximum Gasteiger partial charge on any atom is 0.314 e. The number of hydrogen-bond donors (Lipinski definition) is 2. The lowest BCUT2D eigenvalue weighted by atomic mass is 9.85. The standard InChI is InChI=1S/C17H18N2O4.ClH/c18-14-8-6-12-13(17(14)20)7-9-15(16(12)19(21)22)23-10-11-4-2-1-3-5-11;/h1-5,7,9,14,17,20H,6,8,10,18H2;1H/t14-,17-;/m1./s1. The van der Waals surface area contributed by atoms with E-state index in [1.807, 2.05) is 30.3 Å². The number of hydrogen-bond acceptors (Lipinski definition) is 5. The fraction of sp³-hybridized carbons (Fsp3) is 0.294. The third kappa shape index (κ3) is 3.51. The lowest BCUT2D eigenvalue weighted by Gasteiger charge is -2.27. The van der Waals surface area contributed by atoms with Crippen LogP contribution in [0.1, 0.15) is 29.2 Å². The van der Waals surface area contributed by atoms with Crippen LogP contribution < -0.4 is 10.5 Å². The van der Waals surface area contributed by atoms with E-state index in [2.05, 4.69) is 0 Å². The molecule has 1 aliphatic carbocycles. The minimum Gasteiger partial charge on any atom is -0.482 e. The van der Waals surface area contributed by atoms with Crippen molar-refractivity contribution >= 4 is 18.1 Å². The van der Waals surface area contributed by atoms with Crippen molar-refractivity contribution in [3.05, 3.63) is 69.3 Å². The van der Waals surface area contributed by atoms with Gasteiger partial charge < -0.3 is 15.6 Å². The number of nitro benzene ring substituents is 1. The zero-order chi connectivity index (χ0) is 16.4. The summed E-state index contributed by atoms with van der Waals surface area (Å²) < 4.78 is 5.66. The summed E-state index contributed by atoms with van der Waals surface area (Å²) in [5.41, 5.74) is 7.76. The van der Waals surface area contributed by atoms with Crippen LogP contribution in [0, 0.1) is 10.1 Å². The lowest BCUT2D eigenvalue weighted by Crippen LogP contribution is -2.33. The van der Waals surface area contributed by atoms with E-state index in [1.54, 1.807) is 12.1 Å². The summed E-state index contributed by atoms with van der Waals surface area (Å²) in [7, 11) is 0. The number of aliphatic hydroxyl groups is 1. The van der Waals surface area contributed by atoms with Crippen LogP contribution in [0.2, 0.25) is 0 Å². The Bertz CT molecular complexity index is 724. The molecule has 3 N–H and O–H groups in total. The molecule has 0 saturated carbocycles. The molecule has 0 heterocycles. The summed E-state index contributed by atoms with van der Waals surface area (Å²) in [6.45, 7) is 0.253. The number of aliphatic hydroxyl groups excluding tert-OH is 1. The molecule has 3 rings (SSSR count). The highest BCUT2D eigenvalue weighted by molar-refractivity contribution is 5.85. The molecule has 2 aromatic rings. The molecule has 24 heavy (non-hydrogen) atoms. The van der Waals surface area contributed by atoms with Gasteiger partial charge in [-0.1, -0.05) is 36.4 Å². The van der Waals surface area contributed by atoms with E-state index < -0.39 is 17.1 Å². The number of nitrogens with two attached hydrogens (primary N) is 1. The highest BCUT2D eigenvalue weighted by atomic mass is 35.5. The summed E-state index contributed by atoms with van der Waals surface area (Å²) in [4.78, 5) is 11.1. The van der Waals surface area contributed by atoms with Crippen LogP contribution >= 0.6 is 12.4 Å². The zero-order valence-corrected chi connectivity index (χ0v) is 13.7. The maximum absolute atomic E-state index is 11.5.